The van der Waals surface area contributed by atoms with Crippen molar-refractivity contribution in [3.05, 3.63) is 28.6 Å². The predicted molar refractivity (Wildman–Crippen MR) is 66.1 cm³/mol. The predicted octanol–water partition coefficient (Wildman–Crippen LogP) is 1.03. The fourth-order valence-electron chi connectivity index (χ4n) is 1.66. The summed E-state index contributed by atoms with van der Waals surface area (Å²) in [4.78, 5) is 29.5. The minimum absolute atomic E-state index is 0.255. The molecular formula is C10H13N7O3. The van der Waals surface area contributed by atoms with E-state index in [0.29, 0.717) is 6.42 Å². The first-order chi connectivity index (χ1) is 9.63. The highest BCUT2D eigenvalue weighted by molar-refractivity contribution is 5.77. The van der Waals surface area contributed by atoms with Crippen LogP contribution in [0.1, 0.15) is 32.0 Å². The van der Waals surface area contributed by atoms with E-state index in [0.717, 1.165) is 28.6 Å². The number of unbranched alkanes of at least 4 members (excludes halogenated alkanes) is 2. The molecule has 0 aliphatic rings. The van der Waals surface area contributed by atoms with E-state index < -0.39 is 16.9 Å². The number of nitrogens with zero attached hydrogens (tertiary/aromatic N) is 7. The van der Waals surface area contributed by atoms with Crippen molar-refractivity contribution >= 4 is 12.0 Å². The molecule has 0 fully saturated rings. The van der Waals surface area contributed by atoms with Gasteiger partial charge >= 0.3 is 12.0 Å². The Morgan fingerprint density at radius 3 is 2.85 bits per heavy atom. The van der Waals surface area contributed by atoms with Crippen LogP contribution in [0.25, 0.3) is 0 Å². The number of aryl methyl sites for hydroxylation is 1. The Morgan fingerprint density at radius 1 is 1.45 bits per heavy atom. The van der Waals surface area contributed by atoms with Crippen LogP contribution in [-0.4, -0.2) is 40.5 Å². The van der Waals surface area contributed by atoms with Crippen molar-refractivity contribution < 1.29 is 9.72 Å². The third-order valence-corrected chi connectivity index (χ3v) is 2.63. The smallest absolute Gasteiger partial charge is 0.390 e. The van der Waals surface area contributed by atoms with Crippen LogP contribution >= 0.6 is 0 Å². The monoisotopic (exact) mass is 279 g/mol. The molecule has 0 aliphatic carbocycles. The maximum absolute atomic E-state index is 12.1. The molecule has 0 atom stereocenters. The summed E-state index contributed by atoms with van der Waals surface area (Å²) in [7, 11) is 0. The first-order valence-electron chi connectivity index (χ1n) is 6.13. The van der Waals surface area contributed by atoms with E-state index in [1.165, 1.54) is 12.7 Å². The van der Waals surface area contributed by atoms with Crippen molar-refractivity contribution in [2.45, 2.75) is 32.6 Å². The number of rotatable bonds is 5. The van der Waals surface area contributed by atoms with Gasteiger partial charge in [0.25, 0.3) is 0 Å². The standard InChI is InChI=1S/C10H13N7O3/c1-2-3-4-5-8-13-9(17(19)20)14-16(8)10(18)15-7-11-6-12-15/h6-7H,2-5H2,1H3. The fourth-order valence-corrected chi connectivity index (χ4v) is 1.66. The SMILES string of the molecule is CCCCCc1nc([N+](=O)[O-])nn1C(=O)n1cncn1. The highest BCUT2D eigenvalue weighted by Gasteiger charge is 2.26. The van der Waals surface area contributed by atoms with Gasteiger partial charge < -0.3 is 10.1 Å². The Kier molecular flexibility index (Phi) is 4.13. The van der Waals surface area contributed by atoms with Crippen LogP contribution in [0.5, 0.6) is 0 Å². The Labute approximate surface area is 113 Å². The van der Waals surface area contributed by atoms with Crippen LogP contribution in [0.3, 0.4) is 0 Å². The van der Waals surface area contributed by atoms with Crippen molar-refractivity contribution in [1.82, 2.24) is 29.5 Å². The summed E-state index contributed by atoms with van der Waals surface area (Å²) in [6.45, 7) is 2.04. The van der Waals surface area contributed by atoms with Crippen LogP contribution in [-0.2, 0) is 6.42 Å². The van der Waals surface area contributed by atoms with Crippen molar-refractivity contribution in [3.8, 4) is 0 Å². The van der Waals surface area contributed by atoms with E-state index in [1.54, 1.807) is 0 Å². The molecule has 0 saturated heterocycles. The molecule has 2 heterocycles. The molecule has 10 heteroatoms. The number of hydrogen-bond donors (Lipinski definition) is 0. The van der Waals surface area contributed by atoms with Crippen LogP contribution in [0, 0.1) is 10.1 Å². The number of nitro groups is 1. The first-order valence-corrected chi connectivity index (χ1v) is 6.13. The lowest BCUT2D eigenvalue weighted by Crippen LogP contribution is -2.23. The topological polar surface area (TPSA) is 122 Å². The van der Waals surface area contributed by atoms with Crippen molar-refractivity contribution in [2.24, 2.45) is 0 Å². The lowest BCUT2D eigenvalue weighted by molar-refractivity contribution is -0.394. The Balaban J connectivity index is 2.29. The van der Waals surface area contributed by atoms with Gasteiger partial charge in [0.1, 0.15) is 12.7 Å². The zero-order valence-electron chi connectivity index (χ0n) is 10.8. The van der Waals surface area contributed by atoms with E-state index in [2.05, 4.69) is 20.2 Å². The van der Waals surface area contributed by atoms with Crippen LogP contribution < -0.4 is 0 Å². The van der Waals surface area contributed by atoms with Crippen molar-refractivity contribution in [2.75, 3.05) is 0 Å². The molecule has 0 aliphatic heterocycles. The normalized spacial score (nSPS) is 10.7. The summed E-state index contributed by atoms with van der Waals surface area (Å²) < 4.78 is 1.85. The van der Waals surface area contributed by atoms with Gasteiger partial charge in [-0.25, -0.2) is 9.78 Å². The molecule has 0 amide bonds. The molecule has 106 valence electrons. The lowest BCUT2D eigenvalue weighted by atomic mass is 10.2. The zero-order chi connectivity index (χ0) is 14.5. The highest BCUT2D eigenvalue weighted by Crippen LogP contribution is 2.10. The summed E-state index contributed by atoms with van der Waals surface area (Å²) in [6, 6.07) is -0.644. The van der Waals surface area contributed by atoms with Gasteiger partial charge in [0.2, 0.25) is 5.82 Å². The second-order valence-electron chi connectivity index (χ2n) is 4.08. The molecule has 20 heavy (non-hydrogen) atoms. The minimum Gasteiger partial charge on any atom is -0.390 e. The molecule has 0 unspecified atom stereocenters. The minimum atomic E-state index is -0.728. The largest absolute Gasteiger partial charge is 0.491 e. The van der Waals surface area contributed by atoms with Gasteiger partial charge in [0.15, 0.2) is 0 Å². The average molecular weight is 279 g/mol. The number of carbonyl (C=O) groups is 1. The maximum Gasteiger partial charge on any atom is 0.491 e. The molecule has 2 aromatic rings. The second kappa shape index (κ2) is 5.99. The summed E-state index contributed by atoms with van der Waals surface area (Å²) in [5.74, 6) is -0.337. The molecule has 2 aromatic heterocycles. The summed E-state index contributed by atoms with van der Waals surface area (Å²) in [5.41, 5.74) is 0. The number of aromatic nitrogens is 6. The van der Waals surface area contributed by atoms with Crippen LogP contribution in [0.4, 0.5) is 10.7 Å². The van der Waals surface area contributed by atoms with E-state index in [-0.39, 0.29) is 5.82 Å². The summed E-state index contributed by atoms with van der Waals surface area (Å²) in [5, 5.41) is 18.0. The van der Waals surface area contributed by atoms with E-state index in [4.69, 9.17) is 0 Å². The van der Waals surface area contributed by atoms with Crippen molar-refractivity contribution in [3.63, 3.8) is 0 Å². The van der Waals surface area contributed by atoms with Crippen molar-refractivity contribution in [1.29, 1.82) is 0 Å². The van der Waals surface area contributed by atoms with Gasteiger partial charge in [-0.15, -0.1) is 0 Å². The average Bonchev–Trinajstić information content (AvgIpc) is 3.08. The lowest BCUT2D eigenvalue weighted by Gasteiger charge is -1.98. The second-order valence-corrected chi connectivity index (χ2v) is 4.08. The number of hydrogen-bond acceptors (Lipinski definition) is 7. The zero-order valence-corrected chi connectivity index (χ0v) is 10.8. The van der Waals surface area contributed by atoms with Crippen LogP contribution in [0.2, 0.25) is 0 Å². The Bertz CT molecular complexity index is 604. The Morgan fingerprint density at radius 2 is 2.25 bits per heavy atom. The quantitative estimate of drug-likeness (QED) is 0.455. The highest BCUT2D eigenvalue weighted by atomic mass is 16.6. The van der Waals surface area contributed by atoms with E-state index >= 15 is 0 Å². The van der Waals surface area contributed by atoms with Gasteiger partial charge in [-0.1, -0.05) is 24.4 Å². The van der Waals surface area contributed by atoms with Gasteiger partial charge in [0.05, 0.1) is 0 Å². The first kappa shape index (κ1) is 13.8. The molecule has 0 N–H and O–H groups in total. The summed E-state index contributed by atoms with van der Waals surface area (Å²) >= 11 is 0. The van der Waals surface area contributed by atoms with Gasteiger partial charge in [-0.05, 0) is 16.3 Å². The summed E-state index contributed by atoms with van der Waals surface area (Å²) in [6.07, 6.45) is 5.54. The fraction of sp³-hybridized carbons (Fsp3) is 0.500. The Hall–Kier alpha value is -2.65. The molecule has 0 radical (unpaired) electrons. The number of carbonyl (C=O) groups excluding carboxylic acids is 1. The molecule has 10 nitrogen and oxygen atoms in total. The molecular weight excluding hydrogens is 266 g/mol. The molecule has 2 rings (SSSR count). The van der Waals surface area contributed by atoms with Gasteiger partial charge in [-0.2, -0.15) is 9.78 Å². The molecule has 0 saturated carbocycles. The van der Waals surface area contributed by atoms with E-state index in [9.17, 15) is 14.9 Å². The van der Waals surface area contributed by atoms with Gasteiger partial charge in [0, 0.05) is 11.5 Å². The third-order valence-electron chi connectivity index (χ3n) is 2.63. The van der Waals surface area contributed by atoms with Gasteiger partial charge in [-0.3, -0.25) is 0 Å². The maximum atomic E-state index is 12.1. The van der Waals surface area contributed by atoms with E-state index in [1.807, 2.05) is 6.92 Å². The molecule has 0 spiro atoms. The third kappa shape index (κ3) is 2.84. The molecule has 0 aromatic carbocycles. The molecule has 0 bridgehead atoms. The van der Waals surface area contributed by atoms with Crippen LogP contribution in [0.15, 0.2) is 12.7 Å².